The van der Waals surface area contributed by atoms with Crippen molar-refractivity contribution in [2.45, 2.75) is 52.1 Å². The molecule has 0 spiro atoms. The Balaban J connectivity index is 1.50. The lowest BCUT2D eigenvalue weighted by atomic mass is 9.96. The Morgan fingerprint density at radius 2 is 1.93 bits per heavy atom. The summed E-state index contributed by atoms with van der Waals surface area (Å²) in [7, 11) is 0. The third kappa shape index (κ3) is 4.35. The van der Waals surface area contributed by atoms with E-state index in [-0.39, 0.29) is 17.9 Å². The fourth-order valence-corrected chi connectivity index (χ4v) is 4.37. The summed E-state index contributed by atoms with van der Waals surface area (Å²) in [6.07, 6.45) is 4.21. The van der Waals surface area contributed by atoms with Crippen molar-refractivity contribution in [2.24, 2.45) is 5.92 Å². The quantitative estimate of drug-likeness (QED) is 0.607. The number of piperidine rings is 1. The molecule has 1 N–H and O–H groups in total. The maximum absolute atomic E-state index is 13.0. The first-order chi connectivity index (χ1) is 14.7. The van der Waals surface area contributed by atoms with Crippen LogP contribution in [0.4, 0.5) is 5.95 Å². The minimum absolute atomic E-state index is 0.00986. The van der Waals surface area contributed by atoms with E-state index in [0.717, 1.165) is 62.3 Å². The Morgan fingerprint density at radius 1 is 1.17 bits per heavy atom. The number of anilines is 1. The van der Waals surface area contributed by atoms with E-state index in [1.807, 2.05) is 24.3 Å². The van der Waals surface area contributed by atoms with E-state index in [0.29, 0.717) is 0 Å². The number of aryl methyl sites for hydroxylation is 1. The van der Waals surface area contributed by atoms with Gasteiger partial charge in [-0.1, -0.05) is 55.8 Å². The summed E-state index contributed by atoms with van der Waals surface area (Å²) >= 11 is 0. The molecule has 1 aromatic heterocycles. The van der Waals surface area contributed by atoms with Crippen LogP contribution in [0.25, 0.3) is 11.0 Å². The molecule has 2 heterocycles. The molecule has 30 heavy (non-hydrogen) atoms. The van der Waals surface area contributed by atoms with Crippen LogP contribution < -0.4 is 10.2 Å². The average Bonchev–Trinajstić information content (AvgIpc) is 3.17. The summed E-state index contributed by atoms with van der Waals surface area (Å²) in [6, 6.07) is 18.5. The van der Waals surface area contributed by atoms with Crippen molar-refractivity contribution < 1.29 is 4.79 Å². The number of carbonyl (C=O) groups is 1. The van der Waals surface area contributed by atoms with Gasteiger partial charge < -0.3 is 14.8 Å². The van der Waals surface area contributed by atoms with Crippen LogP contribution in [0.5, 0.6) is 0 Å². The molecule has 5 nitrogen and oxygen atoms in total. The summed E-state index contributed by atoms with van der Waals surface area (Å²) < 4.78 is 2.34. The molecule has 0 unspecified atom stereocenters. The third-order valence-electron chi connectivity index (χ3n) is 6.10. The van der Waals surface area contributed by atoms with Crippen LogP contribution in [0.1, 0.15) is 51.1 Å². The number of nitrogens with one attached hydrogen (secondary N) is 1. The molecule has 1 fully saturated rings. The molecule has 1 saturated heterocycles. The highest BCUT2D eigenvalue weighted by Gasteiger charge is 2.29. The molecule has 0 saturated carbocycles. The molecule has 1 aliphatic heterocycles. The second-order valence-corrected chi connectivity index (χ2v) is 8.33. The van der Waals surface area contributed by atoms with E-state index < -0.39 is 0 Å². The third-order valence-corrected chi connectivity index (χ3v) is 6.10. The van der Waals surface area contributed by atoms with Crippen LogP contribution in [0.15, 0.2) is 54.6 Å². The van der Waals surface area contributed by atoms with Crippen molar-refractivity contribution in [3.8, 4) is 0 Å². The second kappa shape index (κ2) is 9.33. The van der Waals surface area contributed by atoms with Gasteiger partial charge in [0.05, 0.1) is 23.0 Å². The zero-order valence-corrected chi connectivity index (χ0v) is 18.1. The monoisotopic (exact) mass is 404 g/mol. The lowest BCUT2D eigenvalue weighted by molar-refractivity contribution is -0.125. The lowest BCUT2D eigenvalue weighted by Gasteiger charge is -2.33. The molecule has 4 rings (SSSR count). The van der Waals surface area contributed by atoms with E-state index in [2.05, 4.69) is 59.0 Å². The molecular weight excluding hydrogens is 372 g/mol. The molecule has 2 aromatic carbocycles. The Labute approximate surface area is 179 Å². The van der Waals surface area contributed by atoms with Crippen LogP contribution in [-0.4, -0.2) is 28.5 Å². The summed E-state index contributed by atoms with van der Waals surface area (Å²) in [5.41, 5.74) is 3.36. The van der Waals surface area contributed by atoms with Gasteiger partial charge in [-0.15, -0.1) is 0 Å². The number of aromatic nitrogens is 2. The first-order valence-electron chi connectivity index (χ1n) is 11.2. The van der Waals surface area contributed by atoms with Crippen molar-refractivity contribution >= 4 is 22.9 Å². The fraction of sp³-hybridized carbons (Fsp3) is 0.440. The number of para-hydroxylation sites is 2. The molecule has 0 bridgehead atoms. The zero-order valence-electron chi connectivity index (χ0n) is 18.1. The predicted molar refractivity (Wildman–Crippen MR) is 123 cm³/mol. The van der Waals surface area contributed by atoms with Gasteiger partial charge in [0.15, 0.2) is 0 Å². The van der Waals surface area contributed by atoms with Gasteiger partial charge in [0.2, 0.25) is 11.9 Å². The number of nitrogens with zero attached hydrogens (tertiary/aromatic N) is 3. The largest absolute Gasteiger partial charge is 0.349 e. The Bertz CT molecular complexity index is 981. The van der Waals surface area contributed by atoms with Gasteiger partial charge >= 0.3 is 0 Å². The molecule has 0 radical (unpaired) electrons. The van der Waals surface area contributed by atoms with Gasteiger partial charge in [0.1, 0.15) is 0 Å². The summed E-state index contributed by atoms with van der Waals surface area (Å²) in [5, 5.41) is 3.22. The SMILES string of the molecule is CCCCn1c(N2CCC[C@H](C(=O)N[C@H](C)c3ccccc3)C2)nc2ccccc21. The van der Waals surface area contributed by atoms with E-state index in [4.69, 9.17) is 4.98 Å². The van der Waals surface area contributed by atoms with E-state index in [1.165, 1.54) is 5.52 Å². The number of hydrogen-bond acceptors (Lipinski definition) is 3. The number of benzene rings is 2. The number of rotatable bonds is 7. The van der Waals surface area contributed by atoms with Crippen molar-refractivity contribution in [1.82, 2.24) is 14.9 Å². The zero-order chi connectivity index (χ0) is 20.9. The number of hydrogen-bond donors (Lipinski definition) is 1. The average molecular weight is 405 g/mol. The van der Waals surface area contributed by atoms with Gasteiger partial charge in [-0.3, -0.25) is 4.79 Å². The highest BCUT2D eigenvalue weighted by molar-refractivity contribution is 5.81. The van der Waals surface area contributed by atoms with Crippen LogP contribution in [0.3, 0.4) is 0 Å². The molecular formula is C25H32N4O. The second-order valence-electron chi connectivity index (χ2n) is 8.33. The Morgan fingerprint density at radius 3 is 2.73 bits per heavy atom. The molecule has 2 atom stereocenters. The number of unbranched alkanes of at least 4 members (excludes halogenated alkanes) is 1. The van der Waals surface area contributed by atoms with Crippen molar-refractivity contribution in [3.05, 3.63) is 60.2 Å². The summed E-state index contributed by atoms with van der Waals surface area (Å²) in [4.78, 5) is 20.3. The molecule has 1 aliphatic rings. The van der Waals surface area contributed by atoms with Gasteiger partial charge in [-0.2, -0.15) is 0 Å². The van der Waals surface area contributed by atoms with Crippen molar-refractivity contribution in [1.29, 1.82) is 0 Å². The molecule has 0 aliphatic carbocycles. The maximum Gasteiger partial charge on any atom is 0.225 e. The highest BCUT2D eigenvalue weighted by atomic mass is 16.2. The minimum atomic E-state index is -0.00986. The smallest absolute Gasteiger partial charge is 0.225 e. The maximum atomic E-state index is 13.0. The number of imidazole rings is 1. The molecule has 5 heteroatoms. The summed E-state index contributed by atoms with van der Waals surface area (Å²) in [5.74, 6) is 1.15. The van der Waals surface area contributed by atoms with Crippen molar-refractivity contribution in [2.75, 3.05) is 18.0 Å². The fourth-order valence-electron chi connectivity index (χ4n) is 4.37. The van der Waals surface area contributed by atoms with Crippen molar-refractivity contribution in [3.63, 3.8) is 0 Å². The molecule has 1 amide bonds. The first kappa shape index (κ1) is 20.5. The summed E-state index contributed by atoms with van der Waals surface area (Å²) in [6.45, 7) is 6.91. The topological polar surface area (TPSA) is 50.2 Å². The normalized spacial score (nSPS) is 17.8. The Kier molecular flexibility index (Phi) is 6.36. The first-order valence-corrected chi connectivity index (χ1v) is 11.2. The molecule has 3 aromatic rings. The van der Waals surface area contributed by atoms with Gasteiger partial charge in [-0.05, 0) is 43.9 Å². The van der Waals surface area contributed by atoms with Gasteiger partial charge in [0.25, 0.3) is 0 Å². The van der Waals surface area contributed by atoms with Crippen LogP contribution >= 0.6 is 0 Å². The predicted octanol–water partition coefficient (Wildman–Crippen LogP) is 4.93. The standard InChI is InChI=1S/C25H32N4O/c1-3-4-17-29-23-15-9-8-14-22(23)27-25(29)28-16-10-13-21(18-28)24(30)26-19(2)20-11-6-5-7-12-20/h5-9,11-12,14-15,19,21H,3-4,10,13,16-18H2,1-2H3,(H,26,30)/t19-,21+/m1/s1. The molecule has 158 valence electrons. The van der Waals surface area contributed by atoms with Gasteiger partial charge in [0, 0.05) is 19.6 Å². The number of amides is 1. The van der Waals surface area contributed by atoms with Crippen LogP contribution in [0, 0.1) is 5.92 Å². The van der Waals surface area contributed by atoms with Crippen LogP contribution in [0.2, 0.25) is 0 Å². The van der Waals surface area contributed by atoms with E-state index in [9.17, 15) is 4.79 Å². The lowest BCUT2D eigenvalue weighted by Crippen LogP contribution is -2.44. The number of carbonyl (C=O) groups excluding carboxylic acids is 1. The van der Waals surface area contributed by atoms with E-state index in [1.54, 1.807) is 0 Å². The van der Waals surface area contributed by atoms with Gasteiger partial charge in [-0.25, -0.2) is 4.98 Å². The number of fused-ring (bicyclic) bond motifs is 1. The van der Waals surface area contributed by atoms with Crippen LogP contribution in [-0.2, 0) is 11.3 Å². The highest BCUT2D eigenvalue weighted by Crippen LogP contribution is 2.28. The van der Waals surface area contributed by atoms with E-state index >= 15 is 0 Å². The minimum Gasteiger partial charge on any atom is -0.349 e. The Hall–Kier alpha value is -2.82.